The van der Waals surface area contributed by atoms with Gasteiger partial charge in [-0.1, -0.05) is 18.0 Å². The quantitative estimate of drug-likeness (QED) is 0.350. The summed E-state index contributed by atoms with van der Waals surface area (Å²) >= 11 is 7.45. The topological polar surface area (TPSA) is 52.9 Å². The Balaban J connectivity index is 1.68. The molecule has 1 fully saturated rings. The van der Waals surface area contributed by atoms with Crippen molar-refractivity contribution in [2.45, 2.75) is 13.0 Å². The van der Waals surface area contributed by atoms with Crippen LogP contribution in [0.15, 0.2) is 18.2 Å². The summed E-state index contributed by atoms with van der Waals surface area (Å²) in [5.41, 5.74) is 2.38. The van der Waals surface area contributed by atoms with Crippen LogP contribution in [0.3, 0.4) is 0 Å². The lowest BCUT2D eigenvalue weighted by molar-refractivity contribution is -0.385. The van der Waals surface area contributed by atoms with E-state index in [-0.39, 0.29) is 10.6 Å². The number of fused-ring (bicyclic) bond motifs is 1. The normalized spacial score (nSPS) is 18.7. The van der Waals surface area contributed by atoms with Gasteiger partial charge in [0.25, 0.3) is 5.69 Å². The van der Waals surface area contributed by atoms with Crippen LogP contribution in [0.25, 0.3) is 0 Å². The van der Waals surface area contributed by atoms with Crippen LogP contribution in [0, 0.1) is 10.1 Å². The molecule has 23 heavy (non-hydrogen) atoms. The number of benzene rings is 1. The Hall–Kier alpha value is -1.38. The molecule has 124 valence electrons. The summed E-state index contributed by atoms with van der Waals surface area (Å²) in [5.74, 6) is 0. The summed E-state index contributed by atoms with van der Waals surface area (Å²) in [7, 11) is 0. The number of nitrogens with zero attached hydrogens (tertiary/aromatic N) is 4. The molecule has 0 N–H and O–H groups in total. The third-order valence-corrected chi connectivity index (χ3v) is 5.85. The molecule has 0 aliphatic carbocycles. The Labute approximate surface area is 145 Å². The van der Waals surface area contributed by atoms with Crippen molar-refractivity contribution in [3.05, 3.63) is 39.4 Å². The first-order valence-electron chi connectivity index (χ1n) is 7.67. The molecule has 1 saturated heterocycles. The highest BCUT2D eigenvalue weighted by Crippen LogP contribution is 2.25. The van der Waals surface area contributed by atoms with Gasteiger partial charge >= 0.3 is 0 Å². The SMILES string of the molecule is CSN1CCN(C(=S)N2CCc3ccc([N+](=O)[O-])cc3C2)CC1. The van der Waals surface area contributed by atoms with Crippen LogP contribution in [0.5, 0.6) is 0 Å². The van der Waals surface area contributed by atoms with Crippen LogP contribution in [0.1, 0.15) is 11.1 Å². The lowest BCUT2D eigenvalue weighted by Gasteiger charge is -2.40. The van der Waals surface area contributed by atoms with Gasteiger partial charge < -0.3 is 9.80 Å². The van der Waals surface area contributed by atoms with Gasteiger partial charge in [0.05, 0.1) is 4.92 Å². The molecule has 0 saturated carbocycles. The van der Waals surface area contributed by atoms with E-state index in [4.69, 9.17) is 12.2 Å². The van der Waals surface area contributed by atoms with Crippen molar-refractivity contribution in [3.8, 4) is 0 Å². The fourth-order valence-corrected chi connectivity index (χ4v) is 3.95. The van der Waals surface area contributed by atoms with Gasteiger partial charge in [0.2, 0.25) is 0 Å². The van der Waals surface area contributed by atoms with Crippen LogP contribution in [-0.2, 0) is 13.0 Å². The van der Waals surface area contributed by atoms with Gasteiger partial charge in [-0.3, -0.25) is 10.1 Å². The van der Waals surface area contributed by atoms with Gasteiger partial charge in [-0.15, -0.1) is 0 Å². The van der Waals surface area contributed by atoms with E-state index in [9.17, 15) is 10.1 Å². The smallest absolute Gasteiger partial charge is 0.269 e. The van der Waals surface area contributed by atoms with Crippen LogP contribution >= 0.6 is 24.2 Å². The molecule has 0 spiro atoms. The summed E-state index contributed by atoms with van der Waals surface area (Å²) in [5, 5.41) is 11.8. The zero-order chi connectivity index (χ0) is 16.4. The van der Waals surface area contributed by atoms with Gasteiger partial charge in [-0.2, -0.15) is 0 Å². The van der Waals surface area contributed by atoms with Crippen molar-refractivity contribution >= 4 is 35.0 Å². The Morgan fingerprint density at radius 3 is 2.57 bits per heavy atom. The predicted octanol–water partition coefficient (Wildman–Crippen LogP) is 2.13. The van der Waals surface area contributed by atoms with E-state index in [1.807, 2.05) is 6.07 Å². The molecule has 0 unspecified atom stereocenters. The Kier molecular flexibility index (Phi) is 5.03. The fraction of sp³-hybridized carbons (Fsp3) is 0.533. The van der Waals surface area contributed by atoms with Crippen molar-refractivity contribution in [1.82, 2.24) is 14.1 Å². The number of hydrogen-bond acceptors (Lipinski definition) is 5. The maximum Gasteiger partial charge on any atom is 0.269 e. The molecule has 2 aliphatic rings. The standard InChI is InChI=1S/C15H20N4O2S2/c1-23-18-8-6-16(7-9-18)15(22)17-5-4-12-2-3-14(19(20)21)10-13(12)11-17/h2-3,10H,4-9,11H2,1H3. The van der Waals surface area contributed by atoms with Gasteiger partial charge in [0.1, 0.15) is 0 Å². The van der Waals surface area contributed by atoms with Gasteiger partial charge in [0, 0.05) is 51.4 Å². The van der Waals surface area contributed by atoms with Crippen LogP contribution in [0.4, 0.5) is 5.69 Å². The summed E-state index contributed by atoms with van der Waals surface area (Å²) in [6, 6.07) is 5.16. The molecule has 2 aliphatic heterocycles. The van der Waals surface area contributed by atoms with Crippen molar-refractivity contribution in [2.24, 2.45) is 0 Å². The number of hydrogen-bond donors (Lipinski definition) is 0. The first-order valence-corrected chi connectivity index (χ1v) is 9.26. The summed E-state index contributed by atoms with van der Waals surface area (Å²) in [4.78, 5) is 15.1. The van der Waals surface area contributed by atoms with E-state index in [0.29, 0.717) is 6.54 Å². The van der Waals surface area contributed by atoms with Crippen molar-refractivity contribution < 1.29 is 4.92 Å². The highest BCUT2D eigenvalue weighted by atomic mass is 32.2. The molecule has 2 heterocycles. The van der Waals surface area contributed by atoms with Gasteiger partial charge in [-0.25, -0.2) is 4.31 Å². The Bertz CT molecular complexity index is 617. The monoisotopic (exact) mass is 352 g/mol. The molecule has 3 rings (SSSR count). The van der Waals surface area contributed by atoms with Crippen molar-refractivity contribution in [1.29, 1.82) is 0 Å². The molecule has 0 bridgehead atoms. The zero-order valence-electron chi connectivity index (χ0n) is 13.1. The molecular formula is C15H20N4O2S2. The zero-order valence-corrected chi connectivity index (χ0v) is 14.7. The average Bonchev–Trinajstić information content (AvgIpc) is 2.60. The fourth-order valence-electron chi connectivity index (χ4n) is 3.08. The first-order chi connectivity index (χ1) is 11.1. The van der Waals surface area contributed by atoms with Gasteiger partial charge in [0.15, 0.2) is 5.11 Å². The lowest BCUT2D eigenvalue weighted by Crippen LogP contribution is -2.52. The molecule has 6 nitrogen and oxygen atoms in total. The Morgan fingerprint density at radius 2 is 1.91 bits per heavy atom. The summed E-state index contributed by atoms with van der Waals surface area (Å²) < 4.78 is 2.34. The van der Waals surface area contributed by atoms with Crippen LogP contribution in [-0.4, -0.2) is 63.1 Å². The van der Waals surface area contributed by atoms with E-state index >= 15 is 0 Å². The van der Waals surface area contributed by atoms with Crippen LogP contribution < -0.4 is 0 Å². The molecule has 0 atom stereocenters. The number of rotatable bonds is 2. The summed E-state index contributed by atoms with van der Waals surface area (Å²) in [6.45, 7) is 5.45. The van der Waals surface area contributed by atoms with Crippen molar-refractivity contribution in [3.63, 3.8) is 0 Å². The molecule has 0 amide bonds. The summed E-state index contributed by atoms with van der Waals surface area (Å²) in [6.07, 6.45) is 2.99. The van der Waals surface area contributed by atoms with E-state index < -0.39 is 0 Å². The molecule has 1 aromatic rings. The Morgan fingerprint density at radius 1 is 1.17 bits per heavy atom. The lowest BCUT2D eigenvalue weighted by atomic mass is 9.99. The van der Waals surface area contributed by atoms with E-state index in [2.05, 4.69) is 20.4 Å². The second kappa shape index (κ2) is 7.02. The number of thiocarbonyl (C=S) groups is 1. The second-order valence-electron chi connectivity index (χ2n) is 5.76. The highest BCUT2D eigenvalue weighted by Gasteiger charge is 2.25. The minimum Gasteiger partial charge on any atom is -0.346 e. The number of nitro groups is 1. The maximum atomic E-state index is 11.0. The van der Waals surface area contributed by atoms with Crippen molar-refractivity contribution in [2.75, 3.05) is 39.0 Å². The number of non-ortho nitro benzene ring substituents is 1. The largest absolute Gasteiger partial charge is 0.346 e. The maximum absolute atomic E-state index is 11.0. The minimum absolute atomic E-state index is 0.158. The predicted molar refractivity (Wildman–Crippen MR) is 96.5 cm³/mol. The molecule has 1 aromatic carbocycles. The molecule has 0 radical (unpaired) electrons. The number of piperazine rings is 1. The first kappa shape index (κ1) is 16.5. The molecule has 8 heteroatoms. The third kappa shape index (κ3) is 3.59. The minimum atomic E-state index is -0.334. The van der Waals surface area contributed by atoms with Gasteiger partial charge in [-0.05, 0) is 36.0 Å². The van der Waals surface area contributed by atoms with Crippen LogP contribution in [0.2, 0.25) is 0 Å². The average molecular weight is 352 g/mol. The third-order valence-electron chi connectivity index (χ3n) is 4.45. The van der Waals surface area contributed by atoms with E-state index in [1.165, 1.54) is 5.56 Å². The molecular weight excluding hydrogens is 332 g/mol. The van der Waals surface area contributed by atoms with E-state index in [1.54, 1.807) is 24.1 Å². The highest BCUT2D eigenvalue weighted by molar-refractivity contribution is 7.96. The number of nitro benzene ring substituents is 1. The second-order valence-corrected chi connectivity index (χ2v) is 7.01. The van der Waals surface area contributed by atoms with E-state index in [0.717, 1.165) is 49.8 Å². The molecule has 0 aromatic heterocycles.